The molecule has 0 amide bonds. The van der Waals surface area contributed by atoms with Crippen molar-refractivity contribution in [1.29, 1.82) is 0 Å². The normalized spacial score (nSPS) is 29.2. The highest BCUT2D eigenvalue weighted by Gasteiger charge is 2.49. The number of aliphatic hydroxyl groups excluding tert-OH is 16. The summed E-state index contributed by atoms with van der Waals surface area (Å²) in [6.07, 6.45) is -24.7. The number of fused-ring (bicyclic) bond motifs is 8. The van der Waals surface area contributed by atoms with E-state index in [9.17, 15) is 81.7 Å². The summed E-state index contributed by atoms with van der Waals surface area (Å²) in [6.45, 7) is 22.9. The second-order valence-corrected chi connectivity index (χ2v) is 54.1. The predicted molar refractivity (Wildman–Crippen MR) is 430 cm³/mol. The first-order valence-electron chi connectivity index (χ1n) is 37.4. The van der Waals surface area contributed by atoms with Gasteiger partial charge in [-0.3, -0.25) is 0 Å². The zero-order chi connectivity index (χ0) is 80.9. The van der Waals surface area contributed by atoms with Crippen molar-refractivity contribution in [2.75, 3.05) is 26.4 Å². The van der Waals surface area contributed by atoms with E-state index in [1.807, 2.05) is 97.1 Å². The molecule has 32 heteroatoms. The van der Waals surface area contributed by atoms with Gasteiger partial charge in [0.25, 0.3) is 0 Å². The van der Waals surface area contributed by atoms with Crippen molar-refractivity contribution in [3.63, 3.8) is 0 Å². The lowest BCUT2D eigenvalue weighted by Gasteiger charge is -2.39. The fourth-order valence-corrected chi connectivity index (χ4v) is 19.2. The van der Waals surface area contributed by atoms with E-state index in [2.05, 4.69) is 88.5 Å². The van der Waals surface area contributed by atoms with E-state index in [1.54, 1.807) is 24.3 Å². The summed E-state index contributed by atoms with van der Waals surface area (Å²) < 4.78 is 49.9. The molecule has 0 unspecified atom stereocenters. The molecule has 0 radical (unpaired) electrons. The molecular weight excluding hydrogens is 1510 g/mol. The predicted octanol–water partition coefficient (Wildman–Crippen LogP) is 2.22. The van der Waals surface area contributed by atoms with E-state index in [0.29, 0.717) is 89.4 Å². The zero-order valence-electron chi connectivity index (χ0n) is 64.2. The Labute approximate surface area is 650 Å². The van der Waals surface area contributed by atoms with Crippen LogP contribution in [0.5, 0.6) is 23.0 Å². The first kappa shape index (κ1) is 82.7. The third-order valence-electron chi connectivity index (χ3n) is 21.4. The highest BCUT2D eigenvalue weighted by atomic mass is 28.3. The monoisotopic (exact) mass is 1610 g/mol. The Balaban J connectivity index is 1.15. The molecule has 0 aliphatic carbocycles. The molecule has 0 spiro atoms. The van der Waals surface area contributed by atoms with E-state index in [0.717, 1.165) is 20.7 Å². The fraction of sp³-hybridized carbons (Fsp3) is 0.450. The van der Waals surface area contributed by atoms with Gasteiger partial charge >= 0.3 is 0 Å². The number of hydrogen-bond donors (Lipinski definition) is 18. The Kier molecular flexibility index (Phi) is 23.7. The second kappa shape index (κ2) is 32.1. The Bertz CT molecular complexity index is 4280. The Morgan fingerprint density at radius 2 is 0.482 bits per heavy atom. The first-order chi connectivity index (χ1) is 52.7. The molecule has 18 N–H and O–H groups in total. The Morgan fingerprint density at radius 3 is 0.661 bits per heavy atom. The number of nitrogens with one attached hydrogen (secondary N) is 2. The Morgan fingerprint density at radius 1 is 0.286 bits per heavy atom. The summed E-state index contributed by atoms with van der Waals surface area (Å²) in [5.74, 6) is 0.795. The average molecular weight is 1620 g/mol. The molecule has 6 aliphatic heterocycles. The van der Waals surface area contributed by atoms with Crippen LogP contribution in [0, 0.1) is 0 Å². The van der Waals surface area contributed by atoms with Gasteiger partial charge in [0.2, 0.25) is 25.2 Å². The molecule has 6 aliphatic rings. The van der Waals surface area contributed by atoms with Crippen LogP contribution in [0.3, 0.4) is 0 Å². The first-order valence-corrected chi connectivity index (χ1v) is 51.4. The molecular formula is C80H102N4O24Si4. The van der Waals surface area contributed by atoms with E-state index in [1.165, 1.54) is 0 Å². The van der Waals surface area contributed by atoms with Crippen LogP contribution in [-0.4, -0.2) is 283 Å². The lowest BCUT2D eigenvalue weighted by Crippen LogP contribution is -2.60. The molecule has 3 aromatic heterocycles. The summed E-state index contributed by atoms with van der Waals surface area (Å²) in [5.41, 5.74) is 7.99. The average Bonchev–Trinajstić information content (AvgIpc) is 1.58. The highest BCUT2D eigenvalue weighted by Crippen LogP contribution is 2.43. The van der Waals surface area contributed by atoms with Crippen LogP contribution in [0.2, 0.25) is 78.6 Å². The second-order valence-electron chi connectivity index (χ2n) is 33.7. The number of benzene rings is 4. The van der Waals surface area contributed by atoms with Gasteiger partial charge in [0.1, 0.15) is 121 Å². The van der Waals surface area contributed by atoms with Crippen molar-refractivity contribution >= 4 is 99.4 Å². The maximum Gasteiger partial charge on any atom is 0.229 e. The highest BCUT2D eigenvalue weighted by molar-refractivity contribution is 6.90. The van der Waals surface area contributed by atoms with Crippen LogP contribution in [0.1, 0.15) is 22.8 Å². The topological polar surface area (TPSA) is 455 Å². The molecule has 20 atom stereocenters. The minimum absolute atomic E-state index is 0.199. The quantitative estimate of drug-likeness (QED) is 0.0486. The van der Waals surface area contributed by atoms with Gasteiger partial charge in [-0.25, -0.2) is 9.97 Å². The van der Waals surface area contributed by atoms with Gasteiger partial charge in [-0.1, -0.05) is 124 Å². The molecule has 112 heavy (non-hydrogen) atoms. The third kappa shape index (κ3) is 16.7. The Hall–Kier alpha value is -7.25. The number of H-pyrrole nitrogens is 2. The lowest BCUT2D eigenvalue weighted by atomic mass is 9.99. The SMILES string of the molecule is C[Si](C)(C)c1cc(O[C@@H]2O[C@@H](CO)[C@H](O)[C@@H](O)[C@H]2O)cc(-c2c3nc(c(-c4cc(O[C@@H]5O[C@@H](CO)[C@H](O)[C@@H](O)[C@H]5O)cc([Si](C)(C)C)c4)c4ccc([nH]4)c(-c4cc(O[C@@H]5O[C@@H](CO)[C@H](O)[C@@H](O)[C@H]5O)cc([Si](C)(C)C)c4)c4nc(c(-c5cc(O[C@@H]6O[C@@H](CO)[C@H](O)[C@@H](O)[C@H]6O)cc([Si](C)(C)C)c5)c5ccc2[nH]5)C=C4)C=C3)c1. The van der Waals surface area contributed by atoms with Crippen molar-refractivity contribution < 1.29 is 120 Å². The van der Waals surface area contributed by atoms with E-state index < -0.39 is 182 Å². The minimum atomic E-state index is -2.42. The number of ether oxygens (including phenoxy) is 8. The van der Waals surface area contributed by atoms with Crippen molar-refractivity contribution in [2.24, 2.45) is 0 Å². The van der Waals surface area contributed by atoms with Crippen LogP contribution in [-0.2, 0) is 18.9 Å². The van der Waals surface area contributed by atoms with E-state index in [4.69, 9.17) is 47.9 Å². The number of aliphatic hydroxyl groups is 16. The molecule has 0 saturated carbocycles. The van der Waals surface area contributed by atoms with Crippen molar-refractivity contribution in [2.45, 2.75) is 201 Å². The van der Waals surface area contributed by atoms with Crippen LogP contribution in [0.4, 0.5) is 0 Å². The number of rotatable bonds is 20. The molecule has 8 bridgehead atoms. The van der Waals surface area contributed by atoms with E-state index >= 15 is 0 Å². The largest absolute Gasteiger partial charge is 0.462 e. The van der Waals surface area contributed by atoms with Gasteiger partial charge in [-0.15, -0.1) is 0 Å². The van der Waals surface area contributed by atoms with Gasteiger partial charge in [0, 0.05) is 44.3 Å². The molecule has 4 aromatic carbocycles. The molecule has 28 nitrogen and oxygen atoms in total. The molecule has 4 fully saturated rings. The number of aromatic nitrogens is 4. The lowest BCUT2D eigenvalue weighted by molar-refractivity contribution is -0.277. The molecule has 4 saturated heterocycles. The smallest absolute Gasteiger partial charge is 0.229 e. The summed E-state index contributed by atoms with van der Waals surface area (Å²) in [5, 5.41) is 178. The maximum absolute atomic E-state index is 11.5. The number of hydrogen-bond acceptors (Lipinski definition) is 26. The van der Waals surface area contributed by atoms with Crippen molar-refractivity contribution in [3.8, 4) is 67.5 Å². The summed E-state index contributed by atoms with van der Waals surface area (Å²) in [4.78, 5) is 18.9. The van der Waals surface area contributed by atoms with E-state index in [-0.39, 0.29) is 23.0 Å². The maximum atomic E-state index is 11.5. The zero-order valence-corrected chi connectivity index (χ0v) is 68.2. The molecule has 602 valence electrons. The fourth-order valence-electron chi connectivity index (χ4n) is 14.6. The summed E-state index contributed by atoms with van der Waals surface area (Å²) in [7, 11) is -9.67. The van der Waals surface area contributed by atoms with Crippen LogP contribution < -0.4 is 39.7 Å². The van der Waals surface area contributed by atoms with Gasteiger partial charge in [0.05, 0.1) is 81.5 Å². The van der Waals surface area contributed by atoms with Crippen LogP contribution in [0.25, 0.3) is 90.9 Å². The van der Waals surface area contributed by atoms with Crippen molar-refractivity contribution in [1.82, 2.24) is 19.9 Å². The van der Waals surface area contributed by atoms with Crippen molar-refractivity contribution in [3.05, 3.63) is 120 Å². The summed E-state index contributed by atoms with van der Waals surface area (Å²) >= 11 is 0. The van der Waals surface area contributed by atoms with Gasteiger partial charge in [0.15, 0.2) is 0 Å². The summed E-state index contributed by atoms with van der Waals surface area (Å²) in [6, 6.07) is 30.1. The van der Waals surface area contributed by atoms with Crippen LogP contribution >= 0.6 is 0 Å². The standard InChI is InChI=1S/C80H102N4O24Si4/c1-109(2,3)45-25-37(21-41(29-45)101-77-73(97)69(93)65(89)57(33-85)105-77)61-49-13-15-51(81-49)62(38-22-42(30-46(26-38)110(4,5)6)102-78-74(98)70(94)66(90)58(34-86)106-78)53-17-19-55(83-53)64(40-24-44(32-48(28-40)112(10,11)12)104-80-76(100)72(96)68(92)60(36-88)108-80)56-20-18-54(84-56)63(52-16-14-50(61)82-52)39-23-43(31-47(27-39)111(7,8)9)103-79-75(99)71(95)67(91)59(35-87)107-79/h13-32,57-60,65-81,84-100H,33-36H2,1-12H3/t57-,58-,59-,60-,65-,66-,67-,68-,69+,70+,71+,72+,73+,74+,75+,76+,77+,78+,79+,80+/m0/s1. The van der Waals surface area contributed by atoms with Crippen LogP contribution in [0.15, 0.2) is 97.1 Å². The molecule has 9 heterocycles. The molecule has 13 rings (SSSR count). The third-order valence-corrected chi connectivity index (χ3v) is 29.5. The number of aromatic amines is 2. The number of nitrogens with zero attached hydrogens (tertiary/aromatic N) is 2. The van der Waals surface area contributed by atoms with Gasteiger partial charge in [-0.05, 0) is 119 Å². The minimum Gasteiger partial charge on any atom is -0.462 e. The molecule has 7 aromatic rings. The van der Waals surface area contributed by atoms with Gasteiger partial charge < -0.3 is 130 Å². The van der Waals surface area contributed by atoms with Gasteiger partial charge in [-0.2, -0.15) is 0 Å².